The largest absolute Gasteiger partial charge is 0.352 e. The Morgan fingerprint density at radius 1 is 1.31 bits per heavy atom. The molecule has 0 saturated heterocycles. The van der Waals surface area contributed by atoms with Gasteiger partial charge in [-0.3, -0.25) is 9.36 Å². The van der Waals surface area contributed by atoms with E-state index in [0.29, 0.717) is 17.8 Å². The predicted octanol–water partition coefficient (Wildman–Crippen LogP) is 4.15. The van der Waals surface area contributed by atoms with E-state index < -0.39 is 11.5 Å². The lowest BCUT2D eigenvalue weighted by molar-refractivity contribution is -0.120. The third-order valence-electron chi connectivity index (χ3n) is 4.23. The van der Waals surface area contributed by atoms with Gasteiger partial charge in [0.25, 0.3) is 0 Å². The van der Waals surface area contributed by atoms with Crippen molar-refractivity contribution < 1.29 is 9.18 Å². The molecule has 3 rings (SSSR count). The molecule has 0 bridgehead atoms. The summed E-state index contributed by atoms with van der Waals surface area (Å²) >= 11 is 5.90. The molecule has 0 saturated carbocycles. The second kappa shape index (κ2) is 8.53. The van der Waals surface area contributed by atoms with Crippen LogP contribution in [0.1, 0.15) is 25.8 Å². The van der Waals surface area contributed by atoms with Crippen LogP contribution in [0, 0.1) is 11.7 Å². The first kappa shape index (κ1) is 20.7. The summed E-state index contributed by atoms with van der Waals surface area (Å²) in [7, 11) is 0. The van der Waals surface area contributed by atoms with E-state index in [4.69, 9.17) is 11.6 Å². The summed E-state index contributed by atoms with van der Waals surface area (Å²) in [6, 6.07) is 7.41. The van der Waals surface area contributed by atoms with Crippen LogP contribution in [0.3, 0.4) is 0 Å². The first-order chi connectivity index (χ1) is 13.8. The molecule has 29 heavy (non-hydrogen) atoms. The standard InChI is InChI=1S/C21H20ClFN4O2/c1-4-14-5-8-19(24-11-14)27-21(29)26(12-16(28)9-13(2)3)20(25-27)15-6-7-18(23)17(22)10-15/h4-8,10-11,13H,1,9,12H2,2-3H3. The maximum Gasteiger partial charge on any atom is 0.352 e. The van der Waals surface area contributed by atoms with Crippen LogP contribution < -0.4 is 5.69 Å². The van der Waals surface area contributed by atoms with Crippen molar-refractivity contribution in [1.82, 2.24) is 19.3 Å². The number of hydrogen-bond donors (Lipinski definition) is 0. The number of carbonyl (C=O) groups is 1. The Morgan fingerprint density at radius 3 is 2.66 bits per heavy atom. The lowest BCUT2D eigenvalue weighted by Gasteiger charge is -2.07. The zero-order chi connectivity index (χ0) is 21.1. The van der Waals surface area contributed by atoms with Crippen molar-refractivity contribution in [2.24, 2.45) is 5.92 Å². The van der Waals surface area contributed by atoms with E-state index in [1.807, 2.05) is 13.8 Å². The summed E-state index contributed by atoms with van der Waals surface area (Å²) in [5, 5.41) is 4.26. The highest BCUT2D eigenvalue weighted by atomic mass is 35.5. The molecule has 3 aromatic rings. The molecule has 0 aliphatic carbocycles. The Labute approximate surface area is 172 Å². The smallest absolute Gasteiger partial charge is 0.298 e. The van der Waals surface area contributed by atoms with Gasteiger partial charge in [-0.2, -0.15) is 4.68 Å². The number of nitrogens with zero attached hydrogens (tertiary/aromatic N) is 4. The number of halogens is 2. The molecule has 8 heteroatoms. The number of carbonyl (C=O) groups excluding carboxylic acids is 1. The molecule has 0 atom stereocenters. The van der Waals surface area contributed by atoms with Gasteiger partial charge in [0.1, 0.15) is 5.82 Å². The van der Waals surface area contributed by atoms with Gasteiger partial charge in [-0.05, 0) is 41.8 Å². The summed E-state index contributed by atoms with van der Waals surface area (Å²) in [5.41, 5.74) is 0.697. The highest BCUT2D eigenvalue weighted by molar-refractivity contribution is 6.31. The van der Waals surface area contributed by atoms with E-state index in [1.165, 1.54) is 22.8 Å². The average Bonchev–Trinajstić information content (AvgIpc) is 3.00. The number of hydrogen-bond acceptors (Lipinski definition) is 4. The van der Waals surface area contributed by atoms with Crippen LogP contribution in [0.4, 0.5) is 4.39 Å². The molecule has 0 fully saturated rings. The second-order valence-corrected chi connectivity index (χ2v) is 7.43. The molecular weight excluding hydrogens is 395 g/mol. The topological polar surface area (TPSA) is 69.8 Å². The van der Waals surface area contributed by atoms with Gasteiger partial charge in [-0.25, -0.2) is 14.2 Å². The van der Waals surface area contributed by atoms with E-state index in [-0.39, 0.29) is 29.1 Å². The first-order valence-corrected chi connectivity index (χ1v) is 9.43. The maximum atomic E-state index is 13.6. The third kappa shape index (κ3) is 4.51. The van der Waals surface area contributed by atoms with Crippen molar-refractivity contribution >= 4 is 23.5 Å². The van der Waals surface area contributed by atoms with Gasteiger partial charge >= 0.3 is 5.69 Å². The number of pyridine rings is 1. The maximum absolute atomic E-state index is 13.6. The highest BCUT2D eigenvalue weighted by Crippen LogP contribution is 2.23. The van der Waals surface area contributed by atoms with Crippen molar-refractivity contribution in [2.45, 2.75) is 26.8 Å². The summed E-state index contributed by atoms with van der Waals surface area (Å²) in [4.78, 5) is 29.7. The Bertz CT molecular complexity index is 1120. The fourth-order valence-electron chi connectivity index (χ4n) is 2.88. The quantitative estimate of drug-likeness (QED) is 0.582. The summed E-state index contributed by atoms with van der Waals surface area (Å²) in [6.45, 7) is 7.38. The summed E-state index contributed by atoms with van der Waals surface area (Å²) in [5.74, 6) is -0.0221. The van der Waals surface area contributed by atoms with Gasteiger partial charge in [0.15, 0.2) is 17.4 Å². The fourth-order valence-corrected chi connectivity index (χ4v) is 3.06. The molecule has 0 N–H and O–H groups in total. The zero-order valence-corrected chi connectivity index (χ0v) is 16.9. The monoisotopic (exact) mass is 414 g/mol. The molecule has 2 heterocycles. The SMILES string of the molecule is C=Cc1ccc(-n2nc(-c3ccc(F)c(Cl)c3)n(CC(=O)CC(C)C)c2=O)nc1. The first-order valence-electron chi connectivity index (χ1n) is 9.06. The molecule has 0 amide bonds. The Kier molecular flexibility index (Phi) is 6.08. The normalized spacial score (nSPS) is 11.1. The molecule has 1 aromatic carbocycles. The lowest BCUT2D eigenvalue weighted by atomic mass is 10.1. The number of Topliss-reactive ketones (excluding diaryl/α,β-unsaturated/α-hetero) is 1. The van der Waals surface area contributed by atoms with Crippen molar-refractivity contribution in [2.75, 3.05) is 0 Å². The van der Waals surface area contributed by atoms with Gasteiger partial charge in [0.2, 0.25) is 0 Å². The van der Waals surface area contributed by atoms with Gasteiger partial charge in [0.05, 0.1) is 11.6 Å². The van der Waals surface area contributed by atoms with Crippen LogP contribution in [0.25, 0.3) is 23.3 Å². The lowest BCUT2D eigenvalue weighted by Crippen LogP contribution is -2.27. The molecule has 0 aliphatic rings. The minimum Gasteiger partial charge on any atom is -0.298 e. The zero-order valence-electron chi connectivity index (χ0n) is 16.1. The average molecular weight is 415 g/mol. The number of rotatable bonds is 7. The molecule has 150 valence electrons. The molecule has 6 nitrogen and oxygen atoms in total. The van der Waals surface area contributed by atoms with E-state index in [0.717, 1.165) is 10.2 Å². The van der Waals surface area contributed by atoms with Crippen LogP contribution in [-0.2, 0) is 11.3 Å². The van der Waals surface area contributed by atoms with E-state index in [2.05, 4.69) is 16.7 Å². The number of aromatic nitrogens is 4. The Morgan fingerprint density at radius 2 is 2.07 bits per heavy atom. The van der Waals surface area contributed by atoms with Crippen LogP contribution in [0.15, 0.2) is 47.9 Å². The molecule has 0 unspecified atom stereocenters. The van der Waals surface area contributed by atoms with Crippen LogP contribution in [0.5, 0.6) is 0 Å². The molecule has 0 aliphatic heterocycles. The van der Waals surface area contributed by atoms with Crippen LogP contribution >= 0.6 is 11.6 Å². The minimum absolute atomic E-state index is 0.0991. The fraction of sp³-hybridized carbons (Fsp3) is 0.238. The van der Waals surface area contributed by atoms with E-state index in [1.54, 1.807) is 24.4 Å². The van der Waals surface area contributed by atoms with E-state index in [9.17, 15) is 14.0 Å². The van der Waals surface area contributed by atoms with Gasteiger partial charge in [-0.1, -0.05) is 38.1 Å². The van der Waals surface area contributed by atoms with Gasteiger partial charge in [-0.15, -0.1) is 5.10 Å². The molecule has 0 radical (unpaired) electrons. The van der Waals surface area contributed by atoms with Crippen LogP contribution in [-0.4, -0.2) is 25.1 Å². The Balaban J connectivity index is 2.13. The summed E-state index contributed by atoms with van der Waals surface area (Å²) < 4.78 is 16.0. The van der Waals surface area contributed by atoms with Gasteiger partial charge < -0.3 is 0 Å². The third-order valence-corrected chi connectivity index (χ3v) is 4.52. The van der Waals surface area contributed by atoms with Crippen molar-refractivity contribution in [3.8, 4) is 17.2 Å². The highest BCUT2D eigenvalue weighted by Gasteiger charge is 2.20. The molecular formula is C21H20ClFN4O2. The van der Waals surface area contributed by atoms with Crippen molar-refractivity contribution in [1.29, 1.82) is 0 Å². The molecule has 2 aromatic heterocycles. The number of benzene rings is 1. The van der Waals surface area contributed by atoms with Crippen LogP contribution in [0.2, 0.25) is 5.02 Å². The predicted molar refractivity (Wildman–Crippen MR) is 111 cm³/mol. The van der Waals surface area contributed by atoms with E-state index >= 15 is 0 Å². The Hall–Kier alpha value is -3.06. The van der Waals surface area contributed by atoms with Crippen molar-refractivity contribution in [3.05, 3.63) is 70.0 Å². The van der Waals surface area contributed by atoms with Gasteiger partial charge in [0, 0.05) is 18.2 Å². The second-order valence-electron chi connectivity index (χ2n) is 7.02. The molecule has 0 spiro atoms. The van der Waals surface area contributed by atoms with Crippen molar-refractivity contribution in [3.63, 3.8) is 0 Å². The summed E-state index contributed by atoms with van der Waals surface area (Å²) in [6.07, 6.45) is 3.52. The minimum atomic E-state index is -0.582. The number of ketones is 1.